The molecule has 0 radical (unpaired) electrons. The third-order valence-corrected chi connectivity index (χ3v) is 2.56. The third kappa shape index (κ3) is 4.48. The molecule has 0 bridgehead atoms. The minimum atomic E-state index is -4.49. The number of amides is 1. The number of carbonyl (C=O) groups is 1. The monoisotopic (exact) mass is 295 g/mol. The van der Waals surface area contributed by atoms with Gasteiger partial charge in [-0.15, -0.1) is 0 Å². The fraction of sp³-hybridized carbons (Fsp3) is 0.143. The average Bonchev–Trinajstić information content (AvgIpc) is 2.46. The van der Waals surface area contributed by atoms with Crippen molar-refractivity contribution in [1.29, 1.82) is 0 Å². The number of nitrogens with one attached hydrogen (secondary N) is 2. The molecule has 0 saturated heterocycles. The standard InChI is InChI=1S/C14H12F3N3O/c15-14(16,17)12-7-6-11(8-19-12)20-13(21)9-18-10-4-2-1-3-5-10/h1-8,18H,9H2,(H,20,21). The maximum Gasteiger partial charge on any atom is 0.433 e. The first-order valence-electron chi connectivity index (χ1n) is 6.07. The lowest BCUT2D eigenvalue weighted by atomic mass is 10.3. The summed E-state index contributed by atoms with van der Waals surface area (Å²) < 4.78 is 37.0. The predicted octanol–water partition coefficient (Wildman–Crippen LogP) is 3.15. The van der Waals surface area contributed by atoms with Gasteiger partial charge in [0.2, 0.25) is 5.91 Å². The van der Waals surface area contributed by atoms with Gasteiger partial charge in [0, 0.05) is 5.69 Å². The molecule has 0 saturated carbocycles. The first-order chi connectivity index (χ1) is 9.95. The minimum absolute atomic E-state index is 0.00500. The summed E-state index contributed by atoms with van der Waals surface area (Å²) in [6.07, 6.45) is -3.51. The summed E-state index contributed by atoms with van der Waals surface area (Å²) in [4.78, 5) is 14.9. The van der Waals surface area contributed by atoms with Crippen LogP contribution in [0.4, 0.5) is 24.5 Å². The number of benzene rings is 1. The molecule has 1 aromatic carbocycles. The van der Waals surface area contributed by atoms with E-state index in [-0.39, 0.29) is 18.1 Å². The van der Waals surface area contributed by atoms with Gasteiger partial charge in [0.25, 0.3) is 0 Å². The largest absolute Gasteiger partial charge is 0.433 e. The number of para-hydroxylation sites is 1. The Morgan fingerprint density at radius 1 is 1.05 bits per heavy atom. The Labute approximate surface area is 119 Å². The molecule has 2 rings (SSSR count). The van der Waals surface area contributed by atoms with E-state index >= 15 is 0 Å². The number of rotatable bonds is 4. The van der Waals surface area contributed by atoms with Crippen LogP contribution in [0.3, 0.4) is 0 Å². The Hall–Kier alpha value is -2.57. The zero-order valence-corrected chi connectivity index (χ0v) is 10.8. The summed E-state index contributed by atoms with van der Waals surface area (Å²) in [7, 11) is 0. The Kier molecular flexibility index (Phi) is 4.42. The first kappa shape index (κ1) is 14.8. The lowest BCUT2D eigenvalue weighted by Crippen LogP contribution is -2.22. The van der Waals surface area contributed by atoms with Crippen molar-refractivity contribution in [2.45, 2.75) is 6.18 Å². The second-order valence-electron chi connectivity index (χ2n) is 4.20. The summed E-state index contributed by atoms with van der Waals surface area (Å²) in [6.45, 7) is 0.00500. The van der Waals surface area contributed by atoms with Gasteiger partial charge in [0.1, 0.15) is 5.69 Å². The number of aromatic nitrogens is 1. The molecule has 21 heavy (non-hydrogen) atoms. The zero-order chi connectivity index (χ0) is 15.3. The molecular weight excluding hydrogens is 283 g/mol. The molecule has 1 amide bonds. The maximum atomic E-state index is 12.3. The molecule has 0 atom stereocenters. The van der Waals surface area contributed by atoms with Crippen molar-refractivity contribution >= 4 is 17.3 Å². The summed E-state index contributed by atoms with van der Waals surface area (Å²) in [5, 5.41) is 5.35. The number of alkyl halides is 3. The number of nitrogens with zero attached hydrogens (tertiary/aromatic N) is 1. The highest BCUT2D eigenvalue weighted by Gasteiger charge is 2.32. The summed E-state index contributed by atoms with van der Waals surface area (Å²) in [5.74, 6) is -0.375. The van der Waals surface area contributed by atoms with Crippen LogP contribution in [-0.2, 0) is 11.0 Å². The lowest BCUT2D eigenvalue weighted by Gasteiger charge is -2.09. The van der Waals surface area contributed by atoms with Crippen molar-refractivity contribution in [2.75, 3.05) is 17.2 Å². The Morgan fingerprint density at radius 2 is 1.76 bits per heavy atom. The highest BCUT2D eigenvalue weighted by Crippen LogP contribution is 2.27. The Balaban J connectivity index is 1.88. The van der Waals surface area contributed by atoms with E-state index in [0.29, 0.717) is 0 Å². The molecule has 7 heteroatoms. The van der Waals surface area contributed by atoms with Gasteiger partial charge in [0.15, 0.2) is 0 Å². The molecular formula is C14H12F3N3O. The van der Waals surface area contributed by atoms with Crippen molar-refractivity contribution in [3.8, 4) is 0 Å². The second kappa shape index (κ2) is 6.25. The van der Waals surface area contributed by atoms with Gasteiger partial charge in [-0.3, -0.25) is 4.79 Å². The highest BCUT2D eigenvalue weighted by molar-refractivity contribution is 5.93. The average molecular weight is 295 g/mol. The normalized spacial score (nSPS) is 11.0. The third-order valence-electron chi connectivity index (χ3n) is 2.56. The number of anilines is 2. The fourth-order valence-electron chi connectivity index (χ4n) is 1.58. The molecule has 0 spiro atoms. The molecule has 110 valence electrons. The van der Waals surface area contributed by atoms with Crippen molar-refractivity contribution in [3.05, 3.63) is 54.4 Å². The van der Waals surface area contributed by atoms with Crippen LogP contribution in [0.15, 0.2) is 48.7 Å². The quantitative estimate of drug-likeness (QED) is 0.911. The van der Waals surface area contributed by atoms with Crippen LogP contribution in [0.5, 0.6) is 0 Å². The maximum absolute atomic E-state index is 12.3. The molecule has 2 aromatic rings. The number of hydrogen-bond donors (Lipinski definition) is 2. The molecule has 1 heterocycles. The van der Waals surface area contributed by atoms with Gasteiger partial charge in [-0.05, 0) is 24.3 Å². The van der Waals surface area contributed by atoms with E-state index in [4.69, 9.17) is 0 Å². The number of pyridine rings is 1. The molecule has 0 aliphatic heterocycles. The Bertz CT molecular complexity index is 597. The molecule has 1 aromatic heterocycles. The zero-order valence-electron chi connectivity index (χ0n) is 10.8. The molecule has 0 unspecified atom stereocenters. The van der Waals surface area contributed by atoms with E-state index in [1.54, 1.807) is 12.1 Å². The van der Waals surface area contributed by atoms with Crippen molar-refractivity contribution in [1.82, 2.24) is 4.98 Å². The van der Waals surface area contributed by atoms with E-state index in [0.717, 1.165) is 24.0 Å². The number of carbonyl (C=O) groups excluding carboxylic acids is 1. The van der Waals surface area contributed by atoms with Gasteiger partial charge in [-0.1, -0.05) is 18.2 Å². The van der Waals surface area contributed by atoms with Crippen molar-refractivity contribution < 1.29 is 18.0 Å². The van der Waals surface area contributed by atoms with Crippen LogP contribution in [0, 0.1) is 0 Å². The fourth-order valence-corrected chi connectivity index (χ4v) is 1.58. The van der Waals surface area contributed by atoms with E-state index in [9.17, 15) is 18.0 Å². The van der Waals surface area contributed by atoms with Crippen LogP contribution in [0.25, 0.3) is 0 Å². The molecule has 0 aliphatic carbocycles. The highest BCUT2D eigenvalue weighted by atomic mass is 19.4. The molecule has 4 nitrogen and oxygen atoms in total. The second-order valence-corrected chi connectivity index (χ2v) is 4.20. The number of hydrogen-bond acceptors (Lipinski definition) is 3. The van der Waals surface area contributed by atoms with E-state index in [2.05, 4.69) is 15.6 Å². The van der Waals surface area contributed by atoms with E-state index in [1.807, 2.05) is 18.2 Å². The van der Waals surface area contributed by atoms with Gasteiger partial charge in [-0.25, -0.2) is 4.98 Å². The smallest absolute Gasteiger partial charge is 0.376 e. The van der Waals surface area contributed by atoms with Gasteiger partial charge >= 0.3 is 6.18 Å². The molecule has 2 N–H and O–H groups in total. The van der Waals surface area contributed by atoms with Crippen LogP contribution in [-0.4, -0.2) is 17.4 Å². The van der Waals surface area contributed by atoms with Crippen molar-refractivity contribution in [2.24, 2.45) is 0 Å². The van der Waals surface area contributed by atoms with Gasteiger partial charge in [0.05, 0.1) is 18.4 Å². The van der Waals surface area contributed by atoms with E-state index < -0.39 is 11.9 Å². The minimum Gasteiger partial charge on any atom is -0.376 e. The van der Waals surface area contributed by atoms with Crippen molar-refractivity contribution in [3.63, 3.8) is 0 Å². The molecule has 0 aliphatic rings. The van der Waals surface area contributed by atoms with Gasteiger partial charge < -0.3 is 10.6 Å². The van der Waals surface area contributed by atoms with Crippen LogP contribution in [0.1, 0.15) is 5.69 Å². The van der Waals surface area contributed by atoms with Gasteiger partial charge in [-0.2, -0.15) is 13.2 Å². The topological polar surface area (TPSA) is 54.0 Å². The first-order valence-corrected chi connectivity index (χ1v) is 6.07. The van der Waals surface area contributed by atoms with Crippen LogP contribution in [0.2, 0.25) is 0 Å². The molecule has 0 fully saturated rings. The number of halogens is 3. The lowest BCUT2D eigenvalue weighted by molar-refractivity contribution is -0.141. The van der Waals surface area contributed by atoms with E-state index in [1.165, 1.54) is 0 Å². The summed E-state index contributed by atoms with van der Waals surface area (Å²) >= 11 is 0. The van der Waals surface area contributed by atoms with Crippen LogP contribution >= 0.6 is 0 Å². The Morgan fingerprint density at radius 3 is 2.33 bits per heavy atom. The SMILES string of the molecule is O=C(CNc1ccccc1)Nc1ccc(C(F)(F)F)nc1. The summed E-state index contributed by atoms with van der Waals surface area (Å²) in [6, 6.07) is 11.1. The summed E-state index contributed by atoms with van der Waals surface area (Å²) in [5.41, 5.74) is -0.0102. The van der Waals surface area contributed by atoms with Crippen LogP contribution < -0.4 is 10.6 Å². The predicted molar refractivity (Wildman–Crippen MR) is 72.8 cm³/mol.